The van der Waals surface area contributed by atoms with E-state index in [1.54, 1.807) is 18.3 Å². The maximum absolute atomic E-state index is 12.3. The molecule has 0 spiro atoms. The predicted octanol–water partition coefficient (Wildman–Crippen LogP) is 4.62. The van der Waals surface area contributed by atoms with E-state index in [2.05, 4.69) is 26.5 Å². The summed E-state index contributed by atoms with van der Waals surface area (Å²) in [7, 11) is 0. The molecule has 5 N–H and O–H groups in total. The van der Waals surface area contributed by atoms with Crippen molar-refractivity contribution in [3.63, 3.8) is 0 Å². The molecule has 4 rings (SSSR count). The summed E-state index contributed by atoms with van der Waals surface area (Å²) in [5.74, 6) is 0.921. The number of nitrogens with zero attached hydrogens (tertiary/aromatic N) is 3. The van der Waals surface area contributed by atoms with Crippen LogP contribution >= 0.6 is 35.3 Å². The second-order valence-corrected chi connectivity index (χ2v) is 10.4. The number of amides is 1. The molecule has 1 aromatic heterocycles. The highest BCUT2D eigenvalue weighted by Crippen LogP contribution is 2.39. The van der Waals surface area contributed by atoms with Crippen LogP contribution in [-0.4, -0.2) is 34.5 Å². The smallest absolute Gasteiger partial charge is 0.261 e. The first-order chi connectivity index (χ1) is 15.8. The maximum atomic E-state index is 12.3. The summed E-state index contributed by atoms with van der Waals surface area (Å²) in [5.41, 5.74) is 12.9. The van der Waals surface area contributed by atoms with Crippen molar-refractivity contribution >= 4 is 52.9 Å². The second-order valence-electron chi connectivity index (χ2n) is 8.13. The molecule has 33 heavy (non-hydrogen) atoms. The molecule has 1 aliphatic rings. The molecule has 10 heteroatoms. The average molecular weight is 501 g/mol. The van der Waals surface area contributed by atoms with Crippen molar-refractivity contribution in [2.75, 3.05) is 23.7 Å². The Balaban J connectivity index is 1.43. The summed E-state index contributed by atoms with van der Waals surface area (Å²) >= 11 is 9.13. The summed E-state index contributed by atoms with van der Waals surface area (Å²) in [5, 5.41) is 1.10. The quantitative estimate of drug-likeness (QED) is 0.420. The third-order valence-electron chi connectivity index (χ3n) is 5.41. The number of carbonyl (C=O) groups is 1. The second kappa shape index (κ2) is 10.2. The van der Waals surface area contributed by atoms with Crippen molar-refractivity contribution in [3.8, 4) is 0 Å². The van der Waals surface area contributed by atoms with Crippen molar-refractivity contribution < 1.29 is 4.79 Å². The molecule has 0 aliphatic carbocycles. The number of hydrogen-bond acceptors (Lipinski definition) is 8. The van der Waals surface area contributed by atoms with Gasteiger partial charge in [0.05, 0.1) is 11.2 Å². The Bertz CT molecular complexity index is 1140. The van der Waals surface area contributed by atoms with Gasteiger partial charge in [-0.2, -0.15) is 0 Å². The maximum Gasteiger partial charge on any atom is 0.261 e. The van der Waals surface area contributed by atoms with Crippen molar-refractivity contribution in [2.45, 2.75) is 40.1 Å². The summed E-state index contributed by atoms with van der Waals surface area (Å²) in [4.78, 5) is 25.1. The van der Waals surface area contributed by atoms with E-state index in [9.17, 15) is 4.79 Å². The first-order valence-corrected chi connectivity index (χ1v) is 12.5. The zero-order valence-electron chi connectivity index (χ0n) is 18.1. The Morgan fingerprint density at radius 3 is 2.52 bits per heavy atom. The number of nitrogens with two attached hydrogens (primary N) is 2. The van der Waals surface area contributed by atoms with Crippen LogP contribution in [0.4, 0.5) is 11.6 Å². The van der Waals surface area contributed by atoms with Crippen molar-refractivity contribution in [1.29, 1.82) is 0 Å². The van der Waals surface area contributed by atoms with E-state index in [0.717, 1.165) is 41.5 Å². The third kappa shape index (κ3) is 5.92. The van der Waals surface area contributed by atoms with E-state index in [-0.39, 0.29) is 11.4 Å². The summed E-state index contributed by atoms with van der Waals surface area (Å²) in [6, 6.07) is 14.6. The number of benzene rings is 2. The van der Waals surface area contributed by atoms with Gasteiger partial charge in [-0.25, -0.2) is 9.97 Å². The molecule has 3 aromatic rings. The van der Waals surface area contributed by atoms with Gasteiger partial charge in [0.1, 0.15) is 10.8 Å². The van der Waals surface area contributed by atoms with E-state index in [1.165, 1.54) is 23.7 Å². The number of rotatable bonds is 6. The lowest BCUT2D eigenvalue weighted by molar-refractivity contribution is 0.0984. The minimum absolute atomic E-state index is 0.133. The normalized spacial score (nSPS) is 15.3. The Hall–Kier alpha value is -2.46. The molecular formula is C23H25ClN6OS2. The Morgan fingerprint density at radius 2 is 1.82 bits per heavy atom. The fourth-order valence-corrected chi connectivity index (χ4v) is 5.26. The summed E-state index contributed by atoms with van der Waals surface area (Å²) in [6.07, 6.45) is 3.53. The minimum Gasteiger partial charge on any atom is -0.381 e. The molecule has 0 atom stereocenters. The Labute approximate surface area is 206 Å². The van der Waals surface area contributed by atoms with Gasteiger partial charge in [0.25, 0.3) is 5.91 Å². The predicted molar refractivity (Wildman–Crippen MR) is 136 cm³/mol. The Kier molecular flexibility index (Phi) is 7.33. The van der Waals surface area contributed by atoms with Crippen LogP contribution in [0, 0.1) is 0 Å². The van der Waals surface area contributed by atoms with E-state index in [0.29, 0.717) is 21.4 Å². The molecule has 0 radical (unpaired) electrons. The SMILES string of the molecule is CC1(N)CCN(c2cnc(Sc3cccc(SNC(=O)c4ccccc4)c3Cl)c(N)n2)CC1. The standard InChI is InChI=1S/C23H25ClN6OS2/c1-23(26)10-12-30(13-11-23)18-14-27-22(20(25)28-18)32-16-8-5-9-17(19(16)24)33-29-21(31)15-6-3-2-4-7-15/h2-9,14H,10-13,26H2,1H3,(H2,25,28)(H,29,31). The fourth-order valence-electron chi connectivity index (χ4n) is 3.36. The van der Waals surface area contributed by atoms with Gasteiger partial charge in [0.2, 0.25) is 0 Å². The first kappa shape index (κ1) is 23.7. The number of hydrogen-bond donors (Lipinski definition) is 3. The van der Waals surface area contributed by atoms with Crippen molar-refractivity contribution in [2.24, 2.45) is 5.73 Å². The van der Waals surface area contributed by atoms with Crippen LogP contribution < -0.4 is 21.1 Å². The molecule has 2 heterocycles. The lowest BCUT2D eigenvalue weighted by atomic mass is 9.91. The number of anilines is 2. The van der Waals surface area contributed by atoms with E-state index >= 15 is 0 Å². The van der Waals surface area contributed by atoms with E-state index < -0.39 is 0 Å². The highest BCUT2D eigenvalue weighted by molar-refractivity contribution is 8.00. The van der Waals surface area contributed by atoms with Gasteiger partial charge in [-0.15, -0.1) is 0 Å². The number of piperidine rings is 1. The van der Waals surface area contributed by atoms with Crippen LogP contribution in [0.25, 0.3) is 0 Å². The molecule has 1 amide bonds. The summed E-state index contributed by atoms with van der Waals surface area (Å²) < 4.78 is 2.83. The van der Waals surface area contributed by atoms with Gasteiger partial charge in [-0.3, -0.25) is 9.52 Å². The van der Waals surface area contributed by atoms with Crippen LogP contribution in [0.2, 0.25) is 5.02 Å². The van der Waals surface area contributed by atoms with Gasteiger partial charge in [-0.05, 0) is 56.0 Å². The van der Waals surface area contributed by atoms with Gasteiger partial charge < -0.3 is 16.4 Å². The van der Waals surface area contributed by atoms with Gasteiger partial charge in [0.15, 0.2) is 5.82 Å². The number of halogens is 1. The number of aromatic nitrogens is 2. The number of carbonyl (C=O) groups excluding carboxylic acids is 1. The summed E-state index contributed by atoms with van der Waals surface area (Å²) in [6.45, 7) is 3.73. The van der Waals surface area contributed by atoms with Crippen LogP contribution in [0.5, 0.6) is 0 Å². The third-order valence-corrected chi connectivity index (χ3v) is 7.95. The zero-order valence-corrected chi connectivity index (χ0v) is 20.5. The topological polar surface area (TPSA) is 110 Å². The first-order valence-electron chi connectivity index (χ1n) is 10.5. The number of nitrogens with one attached hydrogen (secondary N) is 1. The lowest BCUT2D eigenvalue weighted by Gasteiger charge is -2.37. The van der Waals surface area contributed by atoms with Crippen molar-refractivity contribution in [3.05, 3.63) is 65.3 Å². The molecule has 1 saturated heterocycles. The van der Waals surface area contributed by atoms with Crippen LogP contribution in [-0.2, 0) is 0 Å². The minimum atomic E-state index is -0.187. The molecular weight excluding hydrogens is 476 g/mol. The molecule has 172 valence electrons. The fraction of sp³-hybridized carbons (Fsp3) is 0.261. The molecule has 0 bridgehead atoms. The molecule has 0 saturated carbocycles. The highest BCUT2D eigenvalue weighted by Gasteiger charge is 2.27. The van der Waals surface area contributed by atoms with Crippen molar-refractivity contribution in [1.82, 2.24) is 14.7 Å². The van der Waals surface area contributed by atoms with Gasteiger partial charge in [-0.1, -0.05) is 47.6 Å². The molecule has 1 aliphatic heterocycles. The van der Waals surface area contributed by atoms with Gasteiger partial charge in [0, 0.05) is 34.0 Å². The van der Waals surface area contributed by atoms with Gasteiger partial charge >= 0.3 is 0 Å². The van der Waals surface area contributed by atoms with E-state index in [4.69, 9.17) is 23.1 Å². The largest absolute Gasteiger partial charge is 0.381 e. The van der Waals surface area contributed by atoms with Crippen LogP contribution in [0.3, 0.4) is 0 Å². The highest BCUT2D eigenvalue weighted by atomic mass is 35.5. The average Bonchev–Trinajstić information content (AvgIpc) is 2.81. The van der Waals surface area contributed by atoms with Crippen LogP contribution in [0.15, 0.2) is 69.5 Å². The van der Waals surface area contributed by atoms with Crippen LogP contribution in [0.1, 0.15) is 30.1 Å². The lowest BCUT2D eigenvalue weighted by Crippen LogP contribution is -2.48. The molecule has 7 nitrogen and oxygen atoms in total. The Morgan fingerprint density at radius 1 is 1.12 bits per heavy atom. The molecule has 0 unspecified atom stereocenters. The monoisotopic (exact) mass is 500 g/mol. The number of nitrogen functional groups attached to an aromatic ring is 1. The molecule has 1 fully saturated rings. The zero-order chi connectivity index (χ0) is 23.4. The molecule has 2 aromatic carbocycles. The van der Waals surface area contributed by atoms with E-state index in [1.807, 2.05) is 36.4 Å².